The second-order valence-electron chi connectivity index (χ2n) is 5.68. The first-order valence-electron chi connectivity index (χ1n) is 8.30. The minimum absolute atomic E-state index is 0.107. The second kappa shape index (κ2) is 8.53. The van der Waals surface area contributed by atoms with Gasteiger partial charge in [-0.2, -0.15) is 0 Å². The summed E-state index contributed by atoms with van der Waals surface area (Å²) in [5.41, 5.74) is 4.31. The predicted octanol–water partition coefficient (Wildman–Crippen LogP) is 6.81. The Kier molecular flexibility index (Phi) is 6.39. The van der Waals surface area contributed by atoms with Crippen LogP contribution in [0.25, 0.3) is 17.0 Å². The van der Waals surface area contributed by atoms with Gasteiger partial charge < -0.3 is 0 Å². The summed E-state index contributed by atoms with van der Waals surface area (Å²) in [7, 11) is 0. The van der Waals surface area contributed by atoms with Gasteiger partial charge in [-0.05, 0) is 42.0 Å². The van der Waals surface area contributed by atoms with Crippen LogP contribution in [0.2, 0.25) is 0 Å². The van der Waals surface area contributed by atoms with E-state index in [0.29, 0.717) is 5.56 Å². The second-order valence-corrected chi connectivity index (χ2v) is 5.68. The fourth-order valence-electron chi connectivity index (χ4n) is 2.50. The Bertz CT molecular complexity index is 591. The van der Waals surface area contributed by atoms with E-state index >= 15 is 0 Å². The van der Waals surface area contributed by atoms with Gasteiger partial charge >= 0.3 is 0 Å². The van der Waals surface area contributed by atoms with Crippen molar-refractivity contribution in [3.63, 3.8) is 0 Å². The Hall–Kier alpha value is -1.89. The third kappa shape index (κ3) is 4.56. The predicted molar refractivity (Wildman–Crippen MR) is 94.5 cm³/mol. The summed E-state index contributed by atoms with van der Waals surface area (Å²) in [5.74, 6) is -0.107. The van der Waals surface area contributed by atoms with Gasteiger partial charge in [-0.25, -0.2) is 4.39 Å². The Labute approximate surface area is 133 Å². The van der Waals surface area contributed by atoms with Crippen molar-refractivity contribution >= 4 is 5.83 Å². The highest BCUT2D eigenvalue weighted by molar-refractivity contribution is 5.67. The number of aryl methyl sites for hydroxylation is 1. The maximum atomic E-state index is 14.1. The molecule has 0 aliphatic heterocycles. The number of rotatable bonds is 7. The van der Waals surface area contributed by atoms with E-state index in [4.69, 9.17) is 0 Å². The summed E-state index contributed by atoms with van der Waals surface area (Å²) >= 11 is 0. The highest BCUT2D eigenvalue weighted by atomic mass is 19.1. The Morgan fingerprint density at radius 2 is 1.45 bits per heavy atom. The highest BCUT2D eigenvalue weighted by Gasteiger charge is 2.02. The standard InChI is InChI=1S/C21H25F/c1-3-5-6-7-8-21(22)20-15-13-19(14-16-20)18-11-9-17(4-2)10-12-18/h8-16H,3-7H2,1-2H3/b21-8+. The molecule has 0 aliphatic carbocycles. The summed E-state index contributed by atoms with van der Waals surface area (Å²) in [4.78, 5) is 0. The van der Waals surface area contributed by atoms with Gasteiger partial charge in [0, 0.05) is 5.56 Å². The molecule has 0 N–H and O–H groups in total. The van der Waals surface area contributed by atoms with Crippen molar-refractivity contribution in [2.24, 2.45) is 0 Å². The minimum atomic E-state index is -0.107. The van der Waals surface area contributed by atoms with Gasteiger partial charge in [0.05, 0.1) is 0 Å². The molecule has 2 rings (SSSR count). The number of halogens is 1. The first-order valence-corrected chi connectivity index (χ1v) is 8.30. The summed E-state index contributed by atoms with van der Waals surface area (Å²) in [6.07, 6.45) is 6.97. The van der Waals surface area contributed by atoms with E-state index in [1.165, 1.54) is 17.5 Å². The van der Waals surface area contributed by atoms with E-state index < -0.39 is 0 Å². The number of benzene rings is 2. The largest absolute Gasteiger partial charge is 0.207 e. The molecule has 22 heavy (non-hydrogen) atoms. The van der Waals surface area contributed by atoms with Crippen LogP contribution in [0.3, 0.4) is 0 Å². The lowest BCUT2D eigenvalue weighted by Gasteiger charge is -2.05. The normalized spacial score (nSPS) is 11.7. The molecule has 0 aliphatic rings. The highest BCUT2D eigenvalue weighted by Crippen LogP contribution is 2.24. The molecule has 1 heteroatoms. The molecule has 0 amide bonds. The molecule has 0 heterocycles. The molecule has 0 fully saturated rings. The molecule has 2 aromatic rings. The molecule has 116 valence electrons. The lowest BCUT2D eigenvalue weighted by Crippen LogP contribution is -1.83. The average molecular weight is 296 g/mol. The Morgan fingerprint density at radius 3 is 2.00 bits per heavy atom. The third-order valence-electron chi connectivity index (χ3n) is 3.99. The first kappa shape index (κ1) is 16.5. The van der Waals surface area contributed by atoms with Crippen LogP contribution in [0.15, 0.2) is 54.6 Å². The van der Waals surface area contributed by atoms with Gasteiger partial charge in [0.2, 0.25) is 0 Å². The zero-order chi connectivity index (χ0) is 15.8. The molecular weight excluding hydrogens is 271 g/mol. The molecule has 0 radical (unpaired) electrons. The van der Waals surface area contributed by atoms with E-state index in [1.54, 1.807) is 6.08 Å². The van der Waals surface area contributed by atoms with Gasteiger partial charge in [-0.15, -0.1) is 0 Å². The van der Waals surface area contributed by atoms with Crippen molar-refractivity contribution in [1.82, 2.24) is 0 Å². The molecule has 0 spiro atoms. The molecule has 0 saturated heterocycles. The van der Waals surface area contributed by atoms with Gasteiger partial charge in [0.15, 0.2) is 0 Å². The van der Waals surface area contributed by atoms with Gasteiger partial charge in [-0.3, -0.25) is 0 Å². The van der Waals surface area contributed by atoms with Crippen molar-refractivity contribution in [3.05, 3.63) is 65.7 Å². The number of hydrogen-bond donors (Lipinski definition) is 0. The van der Waals surface area contributed by atoms with Crippen LogP contribution in [0.1, 0.15) is 50.7 Å². The summed E-state index contributed by atoms with van der Waals surface area (Å²) in [6, 6.07) is 16.3. The lowest BCUT2D eigenvalue weighted by molar-refractivity contribution is 0.712. The quantitative estimate of drug-likeness (QED) is 0.492. The van der Waals surface area contributed by atoms with E-state index in [2.05, 4.69) is 38.1 Å². The summed E-state index contributed by atoms with van der Waals surface area (Å²) in [5, 5.41) is 0. The van der Waals surface area contributed by atoms with E-state index in [9.17, 15) is 4.39 Å². The van der Waals surface area contributed by atoms with Crippen LogP contribution in [-0.2, 0) is 6.42 Å². The van der Waals surface area contributed by atoms with Crippen molar-refractivity contribution in [3.8, 4) is 11.1 Å². The van der Waals surface area contributed by atoms with Gasteiger partial charge in [0.25, 0.3) is 0 Å². The van der Waals surface area contributed by atoms with E-state index in [1.807, 2.05) is 24.3 Å². The molecule has 0 nitrogen and oxygen atoms in total. The molecular formula is C21H25F. The van der Waals surface area contributed by atoms with Crippen LogP contribution in [0.5, 0.6) is 0 Å². The topological polar surface area (TPSA) is 0 Å². The lowest BCUT2D eigenvalue weighted by atomic mass is 10.0. The van der Waals surface area contributed by atoms with Crippen LogP contribution >= 0.6 is 0 Å². The van der Waals surface area contributed by atoms with Crippen LogP contribution < -0.4 is 0 Å². The molecule has 0 atom stereocenters. The maximum absolute atomic E-state index is 14.1. The third-order valence-corrected chi connectivity index (χ3v) is 3.99. The average Bonchev–Trinajstić information content (AvgIpc) is 2.59. The van der Waals surface area contributed by atoms with Crippen molar-refractivity contribution in [2.75, 3.05) is 0 Å². The van der Waals surface area contributed by atoms with Gasteiger partial charge in [-0.1, -0.05) is 75.2 Å². The monoisotopic (exact) mass is 296 g/mol. The summed E-state index contributed by atoms with van der Waals surface area (Å²) in [6.45, 7) is 4.31. The minimum Gasteiger partial charge on any atom is -0.207 e. The smallest absolute Gasteiger partial charge is 0.126 e. The molecule has 0 saturated carbocycles. The Morgan fingerprint density at radius 1 is 0.864 bits per heavy atom. The molecule has 0 unspecified atom stereocenters. The zero-order valence-corrected chi connectivity index (χ0v) is 13.6. The summed E-state index contributed by atoms with van der Waals surface area (Å²) < 4.78 is 14.1. The SMILES string of the molecule is CCCCC/C=C(/F)c1ccc(-c2ccc(CC)cc2)cc1. The fourth-order valence-corrected chi connectivity index (χ4v) is 2.50. The molecule has 0 aromatic heterocycles. The van der Waals surface area contributed by atoms with Crippen molar-refractivity contribution in [2.45, 2.75) is 46.0 Å². The van der Waals surface area contributed by atoms with Crippen LogP contribution in [-0.4, -0.2) is 0 Å². The number of unbranched alkanes of at least 4 members (excludes halogenated alkanes) is 3. The van der Waals surface area contributed by atoms with E-state index in [0.717, 1.165) is 31.2 Å². The van der Waals surface area contributed by atoms with Crippen molar-refractivity contribution in [1.29, 1.82) is 0 Å². The van der Waals surface area contributed by atoms with Crippen LogP contribution in [0.4, 0.5) is 4.39 Å². The first-order chi connectivity index (χ1) is 10.7. The van der Waals surface area contributed by atoms with Gasteiger partial charge in [0.1, 0.15) is 5.83 Å². The molecule has 0 bridgehead atoms. The van der Waals surface area contributed by atoms with E-state index in [-0.39, 0.29) is 5.83 Å². The van der Waals surface area contributed by atoms with Crippen molar-refractivity contribution < 1.29 is 4.39 Å². The maximum Gasteiger partial charge on any atom is 0.126 e. The Balaban J connectivity index is 2.05. The zero-order valence-electron chi connectivity index (χ0n) is 13.6. The van der Waals surface area contributed by atoms with Crippen LogP contribution in [0, 0.1) is 0 Å². The fraction of sp³-hybridized carbons (Fsp3) is 0.333. The molecule has 2 aromatic carbocycles. The number of hydrogen-bond acceptors (Lipinski definition) is 0. The number of allylic oxidation sites excluding steroid dienone is 1.